The third kappa shape index (κ3) is 2.88. The number of Topliss-reactive ketones (excluding diaryl/α,β-unsaturated/α-hetero) is 1. The summed E-state index contributed by atoms with van der Waals surface area (Å²) in [4.78, 5) is 27.6. The molecule has 0 saturated heterocycles. The Kier molecular flexibility index (Phi) is 4.19. The third-order valence-electron chi connectivity index (χ3n) is 5.23. The van der Waals surface area contributed by atoms with Gasteiger partial charge in [-0.05, 0) is 48.2 Å². The number of pyridine rings is 1. The zero-order valence-electron chi connectivity index (χ0n) is 15.1. The number of carbonyl (C=O) groups excluding carboxylic acids is 1. The van der Waals surface area contributed by atoms with E-state index >= 15 is 0 Å². The van der Waals surface area contributed by atoms with Gasteiger partial charge in [0, 0.05) is 31.2 Å². The lowest BCUT2D eigenvalue weighted by molar-refractivity contribution is 0.0949. The van der Waals surface area contributed by atoms with E-state index in [0.717, 1.165) is 16.0 Å². The van der Waals surface area contributed by atoms with Crippen LogP contribution in [-0.2, 0) is 6.42 Å². The number of nitrogens with zero attached hydrogens (tertiary/aromatic N) is 2. The van der Waals surface area contributed by atoms with Crippen molar-refractivity contribution >= 4 is 34.0 Å². The van der Waals surface area contributed by atoms with Gasteiger partial charge >= 0.3 is 0 Å². The van der Waals surface area contributed by atoms with Crippen molar-refractivity contribution in [2.75, 3.05) is 19.0 Å². The maximum atomic E-state index is 12.8. The Balaban J connectivity index is 1.82. The van der Waals surface area contributed by atoms with E-state index in [9.17, 15) is 14.8 Å². The van der Waals surface area contributed by atoms with Crippen LogP contribution in [0.15, 0.2) is 47.3 Å². The van der Waals surface area contributed by atoms with E-state index in [2.05, 4.69) is 0 Å². The number of carbonyl (C=O) groups is 1. The molecule has 0 bridgehead atoms. The first-order valence-electron chi connectivity index (χ1n) is 8.73. The summed E-state index contributed by atoms with van der Waals surface area (Å²) in [5.41, 5.74) is 2.53. The van der Waals surface area contributed by atoms with Crippen molar-refractivity contribution in [1.29, 1.82) is 0 Å². The normalized spacial score (nSPS) is 16.4. The zero-order valence-corrected chi connectivity index (χ0v) is 15.8. The van der Waals surface area contributed by atoms with Crippen LogP contribution in [0.5, 0.6) is 0 Å². The maximum absolute atomic E-state index is 12.8. The Hall–Kier alpha value is -2.79. The largest absolute Gasteiger partial charge is 0.428 e. The Labute approximate surface area is 161 Å². The number of rotatable bonds is 2. The molecule has 1 aromatic heterocycles. The molecule has 5 nitrogen and oxygen atoms in total. The van der Waals surface area contributed by atoms with E-state index in [-0.39, 0.29) is 34.5 Å². The lowest BCUT2D eigenvalue weighted by Gasteiger charge is -2.26. The van der Waals surface area contributed by atoms with Crippen LogP contribution >= 0.6 is 11.6 Å². The summed E-state index contributed by atoms with van der Waals surface area (Å²) in [6.07, 6.45) is 0.669. The standard InChI is InChI=1S/C21H19ClN2O3/c1-23(2)15-6-3-12(4-7-15)13-9-18-20(19(25)10-13)21(26)16-11-14(22)5-8-17(16)24(18)27/h3-8,11,13,27H,9-10H2,1-2H3. The van der Waals surface area contributed by atoms with Crippen LogP contribution in [0.1, 0.15) is 34.0 Å². The second-order valence-electron chi connectivity index (χ2n) is 7.14. The number of halogens is 1. The molecule has 1 aliphatic carbocycles. The molecule has 1 heterocycles. The molecule has 27 heavy (non-hydrogen) atoms. The maximum Gasteiger partial charge on any atom is 0.200 e. The fourth-order valence-corrected chi connectivity index (χ4v) is 3.95. The van der Waals surface area contributed by atoms with Crippen molar-refractivity contribution in [3.63, 3.8) is 0 Å². The monoisotopic (exact) mass is 382 g/mol. The highest BCUT2D eigenvalue weighted by Crippen LogP contribution is 2.33. The van der Waals surface area contributed by atoms with Gasteiger partial charge in [0.15, 0.2) is 5.78 Å². The molecule has 0 spiro atoms. The fraction of sp³-hybridized carbons (Fsp3) is 0.238. The highest BCUT2D eigenvalue weighted by Gasteiger charge is 2.32. The smallest absolute Gasteiger partial charge is 0.200 e. The second kappa shape index (κ2) is 6.43. The van der Waals surface area contributed by atoms with Crippen molar-refractivity contribution in [3.05, 3.63) is 74.5 Å². The van der Waals surface area contributed by atoms with Crippen LogP contribution in [0.25, 0.3) is 10.9 Å². The number of hydrogen-bond donors (Lipinski definition) is 1. The molecule has 0 radical (unpaired) electrons. The van der Waals surface area contributed by atoms with Crippen LogP contribution in [0.3, 0.4) is 0 Å². The van der Waals surface area contributed by atoms with E-state index in [1.54, 1.807) is 12.1 Å². The summed E-state index contributed by atoms with van der Waals surface area (Å²) in [6, 6.07) is 12.7. The molecule has 1 aliphatic rings. The quantitative estimate of drug-likeness (QED) is 0.683. The molecule has 0 amide bonds. The van der Waals surface area contributed by atoms with Gasteiger partial charge < -0.3 is 10.1 Å². The van der Waals surface area contributed by atoms with Gasteiger partial charge in [0.25, 0.3) is 0 Å². The molecule has 2 aromatic carbocycles. The van der Waals surface area contributed by atoms with Gasteiger partial charge in [0.05, 0.1) is 22.2 Å². The molecule has 6 heteroatoms. The van der Waals surface area contributed by atoms with E-state index in [0.29, 0.717) is 22.7 Å². The van der Waals surface area contributed by atoms with Crippen LogP contribution in [0.2, 0.25) is 5.02 Å². The summed E-state index contributed by atoms with van der Waals surface area (Å²) in [5.74, 6) is -0.323. The van der Waals surface area contributed by atoms with Gasteiger partial charge in [0.1, 0.15) is 0 Å². The minimum Gasteiger partial charge on any atom is -0.428 e. The highest BCUT2D eigenvalue weighted by molar-refractivity contribution is 6.31. The summed E-state index contributed by atoms with van der Waals surface area (Å²) in [5, 5.41) is 11.3. The predicted molar refractivity (Wildman–Crippen MR) is 107 cm³/mol. The topological polar surface area (TPSA) is 62.5 Å². The molecule has 0 saturated carbocycles. The van der Waals surface area contributed by atoms with Gasteiger partial charge in [-0.25, -0.2) is 0 Å². The van der Waals surface area contributed by atoms with Crippen molar-refractivity contribution < 1.29 is 10.0 Å². The summed E-state index contributed by atoms with van der Waals surface area (Å²) < 4.78 is 0.973. The van der Waals surface area contributed by atoms with E-state index in [4.69, 9.17) is 11.6 Å². The second-order valence-corrected chi connectivity index (χ2v) is 7.57. The SMILES string of the molecule is CN(C)c1ccc(C2CC(=O)c3c(n(O)c4ccc(Cl)cc4c3=O)C2)cc1. The molecule has 138 valence electrons. The average molecular weight is 383 g/mol. The molecule has 1 unspecified atom stereocenters. The number of fused-ring (bicyclic) bond motifs is 2. The Bertz CT molecular complexity index is 1120. The number of benzene rings is 2. The molecular formula is C21H19ClN2O3. The van der Waals surface area contributed by atoms with Crippen LogP contribution < -0.4 is 10.3 Å². The molecule has 1 atom stereocenters. The van der Waals surface area contributed by atoms with Crippen LogP contribution in [0.4, 0.5) is 5.69 Å². The van der Waals surface area contributed by atoms with Crippen molar-refractivity contribution in [3.8, 4) is 0 Å². The minimum atomic E-state index is -0.362. The van der Waals surface area contributed by atoms with Crippen molar-refractivity contribution in [2.24, 2.45) is 0 Å². The third-order valence-corrected chi connectivity index (χ3v) is 5.47. The highest BCUT2D eigenvalue weighted by atomic mass is 35.5. The molecule has 3 aromatic rings. The lowest BCUT2D eigenvalue weighted by atomic mass is 9.81. The van der Waals surface area contributed by atoms with Gasteiger partial charge in [0.2, 0.25) is 5.43 Å². The van der Waals surface area contributed by atoms with E-state index in [1.165, 1.54) is 6.07 Å². The van der Waals surface area contributed by atoms with Gasteiger partial charge in [-0.15, -0.1) is 0 Å². The zero-order chi connectivity index (χ0) is 19.3. The summed E-state index contributed by atoms with van der Waals surface area (Å²) >= 11 is 5.98. The Morgan fingerprint density at radius 1 is 1.07 bits per heavy atom. The van der Waals surface area contributed by atoms with E-state index in [1.807, 2.05) is 43.3 Å². The predicted octanol–water partition coefficient (Wildman–Crippen LogP) is 3.87. The first-order valence-corrected chi connectivity index (χ1v) is 9.11. The van der Waals surface area contributed by atoms with Crippen LogP contribution in [-0.4, -0.2) is 29.8 Å². The van der Waals surface area contributed by atoms with Gasteiger partial charge in [-0.2, -0.15) is 4.73 Å². The van der Waals surface area contributed by atoms with Gasteiger partial charge in [-0.3, -0.25) is 9.59 Å². The summed E-state index contributed by atoms with van der Waals surface area (Å²) in [7, 11) is 3.94. The number of ketones is 1. The molecule has 0 aliphatic heterocycles. The molecule has 4 rings (SSSR count). The molecule has 0 fully saturated rings. The Morgan fingerprint density at radius 2 is 1.78 bits per heavy atom. The number of hydrogen-bond acceptors (Lipinski definition) is 4. The minimum absolute atomic E-state index is 0.0772. The molecular weight excluding hydrogens is 364 g/mol. The first kappa shape index (κ1) is 17.6. The van der Waals surface area contributed by atoms with Crippen molar-refractivity contribution in [1.82, 2.24) is 4.73 Å². The lowest BCUT2D eigenvalue weighted by Crippen LogP contribution is -2.30. The van der Waals surface area contributed by atoms with Crippen molar-refractivity contribution in [2.45, 2.75) is 18.8 Å². The van der Waals surface area contributed by atoms with Crippen LogP contribution in [0, 0.1) is 0 Å². The van der Waals surface area contributed by atoms with E-state index < -0.39 is 0 Å². The Morgan fingerprint density at radius 3 is 2.44 bits per heavy atom. The molecule has 1 N–H and O–H groups in total. The number of anilines is 1. The average Bonchev–Trinajstić information content (AvgIpc) is 2.65. The fourth-order valence-electron chi connectivity index (χ4n) is 3.78. The first-order chi connectivity index (χ1) is 12.9. The number of aromatic nitrogens is 1. The summed E-state index contributed by atoms with van der Waals surface area (Å²) in [6.45, 7) is 0. The van der Waals surface area contributed by atoms with Gasteiger partial charge in [-0.1, -0.05) is 23.7 Å².